The first-order valence-electron chi connectivity index (χ1n) is 14.5. The third kappa shape index (κ3) is 6.87. The van der Waals surface area contributed by atoms with Crippen molar-refractivity contribution in [1.29, 1.82) is 0 Å². The minimum Gasteiger partial charge on any atom is -0.465 e. The van der Waals surface area contributed by atoms with Crippen LogP contribution in [0.25, 0.3) is 5.00 Å². The number of rotatable bonds is 8. The lowest BCUT2D eigenvalue weighted by atomic mass is 9.99. The minimum atomic E-state index is -0.627. The number of carbonyl (C=O) groups excluding carboxylic acids is 3. The van der Waals surface area contributed by atoms with E-state index in [9.17, 15) is 14.4 Å². The fourth-order valence-corrected chi connectivity index (χ4v) is 6.42. The van der Waals surface area contributed by atoms with Crippen LogP contribution in [0.3, 0.4) is 0 Å². The fourth-order valence-electron chi connectivity index (χ4n) is 5.08. The van der Waals surface area contributed by atoms with Gasteiger partial charge in [0.1, 0.15) is 16.9 Å². The zero-order chi connectivity index (χ0) is 33.0. The number of ether oxygens (including phenoxy) is 1. The maximum absolute atomic E-state index is 13.2. The summed E-state index contributed by atoms with van der Waals surface area (Å²) in [6.07, 6.45) is 0.000631. The number of benzene rings is 2. The molecule has 0 fully saturated rings. The van der Waals surface area contributed by atoms with E-state index >= 15 is 0 Å². The van der Waals surface area contributed by atoms with Gasteiger partial charge in [0.2, 0.25) is 11.8 Å². The second-order valence-corrected chi connectivity index (χ2v) is 12.2. The number of thiophene rings is 1. The first-order valence-corrected chi connectivity index (χ1v) is 15.6. The summed E-state index contributed by atoms with van der Waals surface area (Å²) in [5, 5.41) is 15.9. The lowest BCUT2D eigenvalue weighted by Crippen LogP contribution is -2.29. The van der Waals surface area contributed by atoms with Crippen molar-refractivity contribution < 1.29 is 19.1 Å². The predicted molar refractivity (Wildman–Crippen MR) is 178 cm³/mol. The van der Waals surface area contributed by atoms with E-state index in [0.717, 1.165) is 32.3 Å². The number of halogens is 1. The van der Waals surface area contributed by atoms with Crippen LogP contribution >= 0.6 is 22.9 Å². The van der Waals surface area contributed by atoms with Crippen LogP contribution in [0.15, 0.2) is 47.5 Å². The van der Waals surface area contributed by atoms with Crippen LogP contribution in [0.5, 0.6) is 0 Å². The number of anilines is 1. The maximum atomic E-state index is 13.2. The molecule has 1 aliphatic heterocycles. The van der Waals surface area contributed by atoms with E-state index in [4.69, 9.17) is 27.1 Å². The van der Waals surface area contributed by atoms with Gasteiger partial charge < -0.3 is 21.1 Å². The van der Waals surface area contributed by atoms with Gasteiger partial charge in [-0.05, 0) is 56.7 Å². The predicted octanol–water partition coefficient (Wildman–Crippen LogP) is 4.43. The summed E-state index contributed by atoms with van der Waals surface area (Å²) < 4.78 is 6.82. The molecule has 1 atom stereocenters. The molecule has 5 rings (SSSR count). The van der Waals surface area contributed by atoms with Crippen molar-refractivity contribution >= 4 is 52.1 Å². The molecule has 0 unspecified atom stereocenters. The fraction of sp³-hybridized carbons (Fsp3) is 0.273. The molecule has 2 aromatic heterocycles. The van der Waals surface area contributed by atoms with Crippen molar-refractivity contribution in [3.05, 3.63) is 91.8 Å². The zero-order valence-electron chi connectivity index (χ0n) is 25.7. The average Bonchev–Trinajstić information content (AvgIpc) is 3.52. The minimum absolute atomic E-state index is 0.00238. The number of nitrogens with zero attached hydrogens (tertiary/aromatic N) is 4. The molecule has 0 saturated heterocycles. The summed E-state index contributed by atoms with van der Waals surface area (Å²) in [5.41, 5.74) is 10.2. The molecular weight excluding hydrogens is 626 g/mol. The number of methoxy groups -OCH3 is 1. The number of aromatic nitrogens is 3. The molecule has 4 aromatic rings. The van der Waals surface area contributed by atoms with Crippen LogP contribution in [-0.2, 0) is 14.3 Å². The van der Waals surface area contributed by atoms with Gasteiger partial charge >= 0.3 is 5.97 Å². The van der Waals surface area contributed by atoms with Crippen molar-refractivity contribution in [1.82, 2.24) is 20.1 Å². The lowest BCUT2D eigenvalue weighted by molar-refractivity contribution is -0.121. The molecule has 0 saturated carbocycles. The average molecular weight is 658 g/mol. The molecule has 3 heterocycles. The highest BCUT2D eigenvalue weighted by Crippen LogP contribution is 2.39. The topological polar surface area (TPSA) is 154 Å². The Morgan fingerprint density at radius 1 is 1.09 bits per heavy atom. The van der Waals surface area contributed by atoms with Crippen LogP contribution in [-0.4, -0.2) is 58.5 Å². The van der Waals surface area contributed by atoms with Crippen LogP contribution < -0.4 is 16.4 Å². The van der Waals surface area contributed by atoms with Crippen LogP contribution in [0.4, 0.5) is 5.69 Å². The highest BCUT2D eigenvalue weighted by molar-refractivity contribution is 7.15. The summed E-state index contributed by atoms with van der Waals surface area (Å²) in [6, 6.07) is 11.6. The first kappa shape index (κ1) is 32.6. The zero-order valence-corrected chi connectivity index (χ0v) is 27.3. The Labute approximate surface area is 275 Å². The number of hydrogen-bond acceptors (Lipinski definition) is 9. The molecule has 0 bridgehead atoms. The molecule has 11 nitrogen and oxygen atoms in total. The van der Waals surface area contributed by atoms with Gasteiger partial charge in [-0.2, -0.15) is 0 Å². The number of hydrogen-bond donors (Lipinski definition) is 3. The van der Waals surface area contributed by atoms with E-state index in [2.05, 4.69) is 46.5 Å². The number of nitrogens with one attached hydrogen (secondary N) is 2. The number of aryl methyl sites for hydroxylation is 2. The van der Waals surface area contributed by atoms with Crippen molar-refractivity contribution in [3.8, 4) is 16.8 Å². The molecular formula is C33H32ClN7O4S. The van der Waals surface area contributed by atoms with Crippen molar-refractivity contribution in [3.63, 3.8) is 0 Å². The van der Waals surface area contributed by atoms with Gasteiger partial charge in [-0.25, -0.2) is 4.79 Å². The van der Waals surface area contributed by atoms with Crippen molar-refractivity contribution in [2.45, 2.75) is 39.7 Å². The molecule has 13 heteroatoms. The van der Waals surface area contributed by atoms with Crippen molar-refractivity contribution in [2.24, 2.45) is 10.7 Å². The lowest BCUT2D eigenvalue weighted by Gasteiger charge is -2.13. The smallest absolute Gasteiger partial charge is 0.339 e. The number of esters is 1. The molecule has 236 valence electrons. The summed E-state index contributed by atoms with van der Waals surface area (Å²) in [4.78, 5) is 44.4. The summed E-state index contributed by atoms with van der Waals surface area (Å²) >= 11 is 7.82. The highest BCUT2D eigenvalue weighted by atomic mass is 35.5. The first-order chi connectivity index (χ1) is 22.1. The molecule has 0 radical (unpaired) electrons. The number of carbonyl (C=O) groups is 3. The molecule has 2 aromatic carbocycles. The van der Waals surface area contributed by atoms with E-state index in [1.54, 1.807) is 23.5 Å². The van der Waals surface area contributed by atoms with Gasteiger partial charge in [-0.3, -0.25) is 19.1 Å². The second-order valence-electron chi connectivity index (χ2n) is 10.5. The number of nitrogens with two attached hydrogens (primary N) is 1. The summed E-state index contributed by atoms with van der Waals surface area (Å²) in [7, 11) is 1.27. The SMILES string of the molecule is COC(=O)c1cc(NC(=O)CCNC(=O)C[C@@H]2N=C(c3ccc(Cl)cc3)c3c(sc(C)c3C)-n3c(C)nnc32)ccc1C#CCN. The number of fused-ring (bicyclic) bond motifs is 3. The van der Waals surface area contributed by atoms with Crippen LogP contribution in [0.2, 0.25) is 5.02 Å². The van der Waals surface area contributed by atoms with E-state index in [1.807, 2.05) is 35.8 Å². The normalized spacial score (nSPS) is 13.3. The van der Waals surface area contributed by atoms with Gasteiger partial charge in [-0.1, -0.05) is 35.6 Å². The van der Waals surface area contributed by atoms with Crippen LogP contribution in [0.1, 0.15) is 68.0 Å². The Bertz CT molecular complexity index is 1920. The number of aliphatic imine (C=N–C) groups is 1. The Hall–Kier alpha value is -4.83. The third-order valence-electron chi connectivity index (χ3n) is 7.44. The van der Waals surface area contributed by atoms with Crippen LogP contribution in [0, 0.1) is 32.6 Å². The molecule has 1 aliphatic rings. The molecule has 46 heavy (non-hydrogen) atoms. The summed E-state index contributed by atoms with van der Waals surface area (Å²) in [5.74, 6) is 5.56. The van der Waals surface area contributed by atoms with Gasteiger partial charge in [0.15, 0.2) is 5.82 Å². The largest absolute Gasteiger partial charge is 0.465 e. The molecule has 4 N–H and O–H groups in total. The number of amides is 2. The molecule has 0 spiro atoms. The summed E-state index contributed by atoms with van der Waals surface area (Å²) in [6.45, 7) is 6.24. The second kappa shape index (κ2) is 14.1. The monoisotopic (exact) mass is 657 g/mol. The Morgan fingerprint density at radius 3 is 2.57 bits per heavy atom. The Balaban J connectivity index is 1.30. The van der Waals surface area contributed by atoms with Gasteiger partial charge in [-0.15, -0.1) is 21.5 Å². The standard InChI is InChI=1S/C33H32ClN7O4S/c1-18-19(2)46-32-29(18)30(22-7-10-23(34)11-8-22)38-26(31-40-39-20(3)41(31)32)17-28(43)36-15-13-27(42)37-24-12-9-21(6-5-14-35)25(16-24)33(44)45-4/h7-12,16,26H,13-15,17,35H2,1-4H3,(H,36,43)(H,37,42)/t26-/m0/s1. The maximum Gasteiger partial charge on any atom is 0.339 e. The highest BCUT2D eigenvalue weighted by Gasteiger charge is 2.32. The third-order valence-corrected chi connectivity index (χ3v) is 8.89. The quantitative estimate of drug-likeness (QED) is 0.187. The Morgan fingerprint density at radius 2 is 1.85 bits per heavy atom. The van der Waals surface area contributed by atoms with Crippen molar-refractivity contribution in [2.75, 3.05) is 25.5 Å². The molecule has 0 aliphatic carbocycles. The van der Waals surface area contributed by atoms with Gasteiger partial charge in [0.25, 0.3) is 0 Å². The Kier molecular flexibility index (Phi) is 9.96. The van der Waals surface area contributed by atoms with Gasteiger partial charge in [0, 0.05) is 45.2 Å². The van der Waals surface area contributed by atoms with E-state index < -0.39 is 12.0 Å². The van der Waals surface area contributed by atoms with E-state index in [0.29, 0.717) is 27.9 Å². The molecule has 2 amide bonds. The van der Waals surface area contributed by atoms with Gasteiger partial charge in [0.05, 0.1) is 31.4 Å². The van der Waals surface area contributed by atoms with E-state index in [-0.39, 0.29) is 43.3 Å². The van der Waals surface area contributed by atoms with E-state index in [1.165, 1.54) is 13.2 Å².